The van der Waals surface area contributed by atoms with Crippen LogP contribution in [0.2, 0.25) is 0 Å². The molecular weight excluding hydrogens is 382 g/mol. The third-order valence-corrected chi connectivity index (χ3v) is 5.94. The first kappa shape index (κ1) is 21.2. The molecule has 0 unspecified atom stereocenters. The van der Waals surface area contributed by atoms with E-state index >= 15 is 0 Å². The summed E-state index contributed by atoms with van der Waals surface area (Å²) in [6.45, 7) is 2.24. The molecule has 4 nitrogen and oxygen atoms in total. The molecule has 3 rings (SSSR count). The number of benzene rings is 2. The summed E-state index contributed by atoms with van der Waals surface area (Å²) in [5.41, 5.74) is 4.59. The lowest BCUT2D eigenvalue weighted by molar-refractivity contribution is 0.349. The third kappa shape index (κ3) is 4.91. The van der Waals surface area contributed by atoms with E-state index in [0.29, 0.717) is 11.5 Å². The maximum absolute atomic E-state index is 5.63. The van der Waals surface area contributed by atoms with Crippen LogP contribution in [0, 0.1) is 0 Å². The van der Waals surface area contributed by atoms with Gasteiger partial charge in [0.05, 0.1) is 26.2 Å². The Labute approximate surface area is 177 Å². The lowest BCUT2D eigenvalue weighted by Crippen LogP contribution is -1.94. The zero-order valence-electron chi connectivity index (χ0n) is 17.7. The van der Waals surface area contributed by atoms with Crippen LogP contribution in [0.25, 0.3) is 21.6 Å². The molecule has 0 aliphatic carbocycles. The highest BCUT2D eigenvalue weighted by Crippen LogP contribution is 2.45. The number of aromatic nitrogens is 1. The van der Waals surface area contributed by atoms with Gasteiger partial charge in [-0.1, -0.05) is 50.5 Å². The number of nitrogens with zero attached hydrogens (tertiary/aromatic N) is 1. The van der Waals surface area contributed by atoms with Gasteiger partial charge in [-0.3, -0.25) is 0 Å². The molecule has 29 heavy (non-hydrogen) atoms. The van der Waals surface area contributed by atoms with Gasteiger partial charge in [0.15, 0.2) is 11.5 Å². The Morgan fingerprint density at radius 2 is 1.48 bits per heavy atom. The summed E-state index contributed by atoms with van der Waals surface area (Å²) >= 11 is 1.46. The minimum Gasteiger partial charge on any atom is -0.496 e. The van der Waals surface area contributed by atoms with Crippen LogP contribution in [0.4, 0.5) is 0 Å². The molecule has 2 aromatic carbocycles. The van der Waals surface area contributed by atoms with Gasteiger partial charge in [-0.25, -0.2) is 0 Å². The van der Waals surface area contributed by atoms with Gasteiger partial charge in [-0.2, -0.15) is 4.37 Å². The van der Waals surface area contributed by atoms with Crippen molar-refractivity contribution in [2.45, 2.75) is 39.0 Å². The van der Waals surface area contributed by atoms with E-state index in [2.05, 4.69) is 35.6 Å². The Morgan fingerprint density at radius 1 is 0.793 bits per heavy atom. The van der Waals surface area contributed by atoms with Crippen LogP contribution >= 0.6 is 11.5 Å². The molecule has 0 fully saturated rings. The molecule has 154 valence electrons. The summed E-state index contributed by atoms with van der Waals surface area (Å²) in [6, 6.07) is 12.7. The second-order valence-corrected chi connectivity index (χ2v) is 7.79. The van der Waals surface area contributed by atoms with Crippen LogP contribution in [0.1, 0.15) is 38.2 Å². The van der Waals surface area contributed by atoms with E-state index in [1.54, 1.807) is 21.3 Å². The molecule has 0 aliphatic heterocycles. The fourth-order valence-corrected chi connectivity index (χ4v) is 4.24. The Bertz CT molecular complexity index is 918. The molecule has 3 aromatic rings. The van der Waals surface area contributed by atoms with Crippen molar-refractivity contribution in [3.05, 3.63) is 48.2 Å². The highest BCUT2D eigenvalue weighted by Gasteiger charge is 2.18. The molecule has 5 heteroatoms. The van der Waals surface area contributed by atoms with E-state index in [0.717, 1.165) is 33.7 Å². The summed E-state index contributed by atoms with van der Waals surface area (Å²) < 4.78 is 21.0. The van der Waals surface area contributed by atoms with Gasteiger partial charge >= 0.3 is 0 Å². The minimum atomic E-state index is 0.645. The number of rotatable bonds is 10. The van der Waals surface area contributed by atoms with Gasteiger partial charge in [-0.15, -0.1) is 0 Å². The van der Waals surface area contributed by atoms with E-state index in [4.69, 9.17) is 14.2 Å². The number of hydrogen-bond donors (Lipinski definition) is 0. The number of unbranched alkanes of at least 4 members (excludes halogenated alkanes) is 3. The lowest BCUT2D eigenvalue weighted by atomic mass is 9.99. The molecular formula is C24H29NO3S. The van der Waals surface area contributed by atoms with Crippen molar-refractivity contribution in [2.24, 2.45) is 0 Å². The first-order valence-corrected chi connectivity index (χ1v) is 10.8. The maximum atomic E-state index is 5.63. The minimum absolute atomic E-state index is 0.645. The number of aryl methyl sites for hydroxylation is 1. The van der Waals surface area contributed by atoms with Crippen molar-refractivity contribution in [1.29, 1.82) is 0 Å². The second-order valence-electron chi connectivity index (χ2n) is 6.98. The van der Waals surface area contributed by atoms with Gasteiger partial charge in [0.2, 0.25) is 0 Å². The molecule has 0 spiro atoms. The van der Waals surface area contributed by atoms with Crippen molar-refractivity contribution in [3.63, 3.8) is 0 Å². The lowest BCUT2D eigenvalue weighted by Gasteiger charge is -2.14. The predicted octanol–water partition coefficient (Wildman–Crippen LogP) is 6.63. The SMILES string of the molecule is CCCCCCc1ccc(-c2cnsc2-c2cc(OC)c(OC)cc2OC)cc1. The Morgan fingerprint density at radius 3 is 2.14 bits per heavy atom. The summed E-state index contributed by atoms with van der Waals surface area (Å²) in [7, 11) is 4.93. The van der Waals surface area contributed by atoms with E-state index in [-0.39, 0.29) is 0 Å². The summed E-state index contributed by atoms with van der Waals surface area (Å²) in [5, 5.41) is 0. The topological polar surface area (TPSA) is 40.6 Å². The van der Waals surface area contributed by atoms with Crippen LogP contribution in [0.5, 0.6) is 17.2 Å². The average Bonchev–Trinajstić information content (AvgIpc) is 3.25. The van der Waals surface area contributed by atoms with E-state index in [1.165, 1.54) is 42.8 Å². The van der Waals surface area contributed by atoms with Crippen molar-refractivity contribution in [2.75, 3.05) is 21.3 Å². The Balaban J connectivity index is 1.90. The van der Waals surface area contributed by atoms with Crippen LogP contribution < -0.4 is 14.2 Å². The first-order chi connectivity index (χ1) is 14.2. The average molecular weight is 412 g/mol. The Kier molecular flexibility index (Phi) is 7.53. The standard InChI is InChI=1S/C24H29NO3S/c1-5-6-7-8-9-17-10-12-18(13-11-17)20-16-25-29-24(20)19-14-22(27-3)23(28-4)15-21(19)26-2/h10-16H,5-9H2,1-4H3. The van der Waals surface area contributed by atoms with Gasteiger partial charge in [-0.05, 0) is 41.6 Å². The van der Waals surface area contributed by atoms with E-state index in [1.807, 2.05) is 18.3 Å². The molecule has 1 aromatic heterocycles. The van der Waals surface area contributed by atoms with Crippen molar-refractivity contribution >= 4 is 11.5 Å². The predicted molar refractivity (Wildman–Crippen MR) is 120 cm³/mol. The molecule has 0 saturated carbocycles. The molecule has 0 saturated heterocycles. The first-order valence-electron chi connectivity index (χ1n) is 10.1. The maximum Gasteiger partial charge on any atom is 0.164 e. The molecule has 0 bridgehead atoms. The van der Waals surface area contributed by atoms with Crippen LogP contribution in [0.15, 0.2) is 42.6 Å². The quantitative estimate of drug-likeness (QED) is 0.351. The van der Waals surface area contributed by atoms with Crippen molar-refractivity contribution in [1.82, 2.24) is 4.37 Å². The normalized spacial score (nSPS) is 10.8. The highest BCUT2D eigenvalue weighted by atomic mass is 32.1. The molecule has 0 amide bonds. The molecule has 0 atom stereocenters. The third-order valence-electron chi connectivity index (χ3n) is 5.10. The summed E-state index contributed by atoms with van der Waals surface area (Å²) in [6.07, 6.45) is 8.20. The van der Waals surface area contributed by atoms with Crippen LogP contribution in [-0.2, 0) is 6.42 Å². The van der Waals surface area contributed by atoms with E-state index in [9.17, 15) is 0 Å². The zero-order valence-corrected chi connectivity index (χ0v) is 18.5. The highest BCUT2D eigenvalue weighted by molar-refractivity contribution is 7.10. The monoisotopic (exact) mass is 411 g/mol. The van der Waals surface area contributed by atoms with E-state index < -0.39 is 0 Å². The largest absolute Gasteiger partial charge is 0.496 e. The molecule has 0 radical (unpaired) electrons. The van der Waals surface area contributed by atoms with Gasteiger partial charge in [0.25, 0.3) is 0 Å². The smallest absolute Gasteiger partial charge is 0.164 e. The number of hydrogen-bond acceptors (Lipinski definition) is 5. The fraction of sp³-hybridized carbons (Fsp3) is 0.375. The van der Waals surface area contributed by atoms with Gasteiger partial charge < -0.3 is 14.2 Å². The fourth-order valence-electron chi connectivity index (χ4n) is 3.45. The van der Waals surface area contributed by atoms with Crippen LogP contribution in [0.3, 0.4) is 0 Å². The number of ether oxygens (including phenoxy) is 3. The van der Waals surface area contributed by atoms with Crippen LogP contribution in [-0.4, -0.2) is 25.7 Å². The number of methoxy groups -OCH3 is 3. The van der Waals surface area contributed by atoms with Gasteiger partial charge in [0.1, 0.15) is 5.75 Å². The second kappa shape index (κ2) is 10.3. The molecule has 0 N–H and O–H groups in total. The Hall–Kier alpha value is -2.53. The van der Waals surface area contributed by atoms with Crippen molar-refractivity contribution < 1.29 is 14.2 Å². The summed E-state index contributed by atoms with van der Waals surface area (Å²) in [5.74, 6) is 2.05. The summed E-state index contributed by atoms with van der Waals surface area (Å²) in [4.78, 5) is 1.05. The van der Waals surface area contributed by atoms with Gasteiger partial charge in [0, 0.05) is 23.4 Å². The van der Waals surface area contributed by atoms with Crippen molar-refractivity contribution in [3.8, 4) is 38.8 Å². The molecule has 1 heterocycles. The zero-order chi connectivity index (χ0) is 20.6. The molecule has 0 aliphatic rings.